The maximum absolute atomic E-state index is 13.0. The highest BCUT2D eigenvalue weighted by atomic mass is 16.2. The van der Waals surface area contributed by atoms with Gasteiger partial charge in [0.05, 0.1) is 6.54 Å². The second-order valence-electron chi connectivity index (χ2n) is 7.10. The number of benzene rings is 1. The summed E-state index contributed by atoms with van der Waals surface area (Å²) in [6.45, 7) is 6.42. The predicted octanol–water partition coefficient (Wildman–Crippen LogP) is 3.50. The number of amides is 3. The van der Waals surface area contributed by atoms with Crippen molar-refractivity contribution in [1.82, 2.24) is 10.2 Å². The molecule has 1 aliphatic heterocycles. The molecule has 1 aliphatic rings. The van der Waals surface area contributed by atoms with Crippen molar-refractivity contribution < 1.29 is 14.4 Å². The Morgan fingerprint density at radius 1 is 1.20 bits per heavy atom. The second kappa shape index (κ2) is 8.79. The van der Waals surface area contributed by atoms with E-state index in [1.54, 1.807) is 24.3 Å². The second-order valence-corrected chi connectivity index (χ2v) is 7.10. The molecule has 136 valence electrons. The fourth-order valence-corrected chi connectivity index (χ4v) is 3.24. The molecule has 0 saturated carbocycles. The topological polar surface area (TPSA) is 66.5 Å². The molecule has 3 amide bonds. The number of ketones is 1. The van der Waals surface area contributed by atoms with Gasteiger partial charge in [-0.1, -0.05) is 57.5 Å². The first-order chi connectivity index (χ1) is 11.9. The molecule has 2 rings (SSSR count). The summed E-state index contributed by atoms with van der Waals surface area (Å²) in [4.78, 5) is 39.2. The molecule has 0 spiro atoms. The molecular weight excluding hydrogens is 316 g/mol. The summed E-state index contributed by atoms with van der Waals surface area (Å²) < 4.78 is 0. The summed E-state index contributed by atoms with van der Waals surface area (Å²) in [6.07, 6.45) is 2.62. The SMILES string of the molecule is CC[C@@H]1CCC(C(C)C)C(=O)N(CC(=O)c2ccccc2)C(=O)NC1. The van der Waals surface area contributed by atoms with Gasteiger partial charge in [0.2, 0.25) is 5.91 Å². The van der Waals surface area contributed by atoms with E-state index >= 15 is 0 Å². The van der Waals surface area contributed by atoms with Gasteiger partial charge in [-0.05, 0) is 24.7 Å². The molecule has 1 saturated heterocycles. The highest BCUT2D eigenvalue weighted by Crippen LogP contribution is 2.25. The van der Waals surface area contributed by atoms with Crippen LogP contribution in [0.4, 0.5) is 4.79 Å². The minimum absolute atomic E-state index is 0.130. The van der Waals surface area contributed by atoms with Crippen molar-refractivity contribution in [1.29, 1.82) is 0 Å². The third-order valence-electron chi connectivity index (χ3n) is 5.04. The summed E-state index contributed by atoms with van der Waals surface area (Å²) in [5.74, 6) is -0.207. The van der Waals surface area contributed by atoms with Crippen molar-refractivity contribution in [3.8, 4) is 0 Å². The Kier molecular flexibility index (Phi) is 6.73. The summed E-state index contributed by atoms with van der Waals surface area (Å²) in [7, 11) is 0. The molecule has 1 heterocycles. The van der Waals surface area contributed by atoms with Gasteiger partial charge in [-0.25, -0.2) is 4.79 Å². The number of carbonyl (C=O) groups is 3. The van der Waals surface area contributed by atoms with Crippen molar-refractivity contribution in [2.75, 3.05) is 13.1 Å². The molecule has 1 aromatic carbocycles. The largest absolute Gasteiger partial charge is 0.337 e. The number of urea groups is 1. The summed E-state index contributed by atoms with van der Waals surface area (Å²) in [5.41, 5.74) is 0.510. The molecule has 0 aromatic heterocycles. The lowest BCUT2D eigenvalue weighted by Gasteiger charge is -2.26. The summed E-state index contributed by atoms with van der Waals surface area (Å²) >= 11 is 0. The van der Waals surface area contributed by atoms with E-state index in [9.17, 15) is 14.4 Å². The zero-order valence-electron chi connectivity index (χ0n) is 15.3. The van der Waals surface area contributed by atoms with Crippen LogP contribution in [-0.4, -0.2) is 35.7 Å². The first-order valence-electron chi connectivity index (χ1n) is 9.11. The monoisotopic (exact) mass is 344 g/mol. The van der Waals surface area contributed by atoms with Crippen LogP contribution >= 0.6 is 0 Å². The Labute approximate surface area is 149 Å². The molecule has 5 nitrogen and oxygen atoms in total. The normalized spacial score (nSPS) is 22.2. The van der Waals surface area contributed by atoms with Gasteiger partial charge >= 0.3 is 6.03 Å². The summed E-state index contributed by atoms with van der Waals surface area (Å²) in [6, 6.07) is 8.32. The quantitative estimate of drug-likeness (QED) is 0.831. The van der Waals surface area contributed by atoms with Gasteiger partial charge in [0.1, 0.15) is 0 Å². The molecule has 1 unspecified atom stereocenters. The highest BCUT2D eigenvalue weighted by Gasteiger charge is 2.34. The van der Waals surface area contributed by atoms with Crippen molar-refractivity contribution in [3.63, 3.8) is 0 Å². The molecular formula is C20H28N2O3. The Balaban J connectivity index is 2.23. The van der Waals surface area contributed by atoms with Gasteiger partial charge in [-0.15, -0.1) is 0 Å². The molecule has 1 fully saturated rings. The maximum atomic E-state index is 13.0. The number of hydrogen-bond donors (Lipinski definition) is 1. The van der Waals surface area contributed by atoms with Crippen molar-refractivity contribution in [2.24, 2.45) is 17.8 Å². The zero-order valence-corrected chi connectivity index (χ0v) is 15.3. The van der Waals surface area contributed by atoms with Crippen LogP contribution in [-0.2, 0) is 4.79 Å². The van der Waals surface area contributed by atoms with E-state index in [2.05, 4.69) is 12.2 Å². The van der Waals surface area contributed by atoms with Crippen LogP contribution in [0.1, 0.15) is 50.4 Å². The van der Waals surface area contributed by atoms with E-state index in [-0.39, 0.29) is 30.1 Å². The van der Waals surface area contributed by atoms with Crippen molar-refractivity contribution in [2.45, 2.75) is 40.0 Å². The Bertz CT molecular complexity index is 613. The van der Waals surface area contributed by atoms with E-state index in [1.165, 1.54) is 0 Å². The van der Waals surface area contributed by atoms with Crippen LogP contribution in [0.15, 0.2) is 30.3 Å². The number of imide groups is 1. The third kappa shape index (κ3) is 4.91. The Hall–Kier alpha value is -2.17. The van der Waals surface area contributed by atoms with Crippen molar-refractivity contribution in [3.05, 3.63) is 35.9 Å². The lowest BCUT2D eigenvalue weighted by atomic mass is 9.86. The first kappa shape index (κ1) is 19.2. The van der Waals surface area contributed by atoms with E-state index in [4.69, 9.17) is 0 Å². The number of carbonyl (C=O) groups excluding carboxylic acids is 3. The van der Waals surface area contributed by atoms with Crippen LogP contribution in [0.3, 0.4) is 0 Å². The van der Waals surface area contributed by atoms with Crippen LogP contribution in [0.5, 0.6) is 0 Å². The van der Waals surface area contributed by atoms with Gasteiger partial charge in [-0.3, -0.25) is 14.5 Å². The number of nitrogens with zero attached hydrogens (tertiary/aromatic N) is 1. The lowest BCUT2D eigenvalue weighted by molar-refractivity contribution is -0.133. The van der Waals surface area contributed by atoms with Gasteiger partial charge in [0.25, 0.3) is 0 Å². The number of Topliss-reactive ketones (excluding diaryl/α,β-unsaturated/α-hetero) is 1. The average Bonchev–Trinajstić information content (AvgIpc) is 2.66. The van der Waals surface area contributed by atoms with Crippen LogP contribution < -0.4 is 5.32 Å². The average molecular weight is 344 g/mol. The van der Waals surface area contributed by atoms with E-state index in [0.29, 0.717) is 18.0 Å². The molecule has 1 N–H and O–H groups in total. The fraction of sp³-hybridized carbons (Fsp3) is 0.550. The number of rotatable bonds is 5. The molecule has 25 heavy (non-hydrogen) atoms. The van der Waals surface area contributed by atoms with Crippen LogP contribution in [0.2, 0.25) is 0 Å². The predicted molar refractivity (Wildman–Crippen MR) is 97.2 cm³/mol. The maximum Gasteiger partial charge on any atom is 0.324 e. The van der Waals surface area contributed by atoms with Crippen LogP contribution in [0, 0.1) is 17.8 Å². The number of hydrogen-bond acceptors (Lipinski definition) is 3. The molecule has 0 bridgehead atoms. The summed E-state index contributed by atoms with van der Waals surface area (Å²) in [5, 5.41) is 2.84. The molecule has 0 aliphatic carbocycles. The fourth-order valence-electron chi connectivity index (χ4n) is 3.24. The Morgan fingerprint density at radius 3 is 2.48 bits per heavy atom. The molecule has 0 radical (unpaired) electrons. The van der Waals surface area contributed by atoms with Crippen molar-refractivity contribution >= 4 is 17.7 Å². The van der Waals surface area contributed by atoms with Crippen LogP contribution in [0.25, 0.3) is 0 Å². The molecule has 5 heteroatoms. The van der Waals surface area contributed by atoms with Gasteiger partial charge in [-0.2, -0.15) is 0 Å². The molecule has 1 aromatic rings. The minimum atomic E-state index is -0.458. The van der Waals surface area contributed by atoms with Gasteiger partial charge in [0.15, 0.2) is 5.78 Å². The van der Waals surface area contributed by atoms with Gasteiger partial charge in [0, 0.05) is 18.0 Å². The van der Waals surface area contributed by atoms with E-state index < -0.39 is 6.03 Å². The Morgan fingerprint density at radius 2 is 1.88 bits per heavy atom. The smallest absolute Gasteiger partial charge is 0.324 e. The lowest BCUT2D eigenvalue weighted by Crippen LogP contribution is -2.49. The zero-order chi connectivity index (χ0) is 18.4. The first-order valence-corrected chi connectivity index (χ1v) is 9.11. The van der Waals surface area contributed by atoms with E-state index in [0.717, 1.165) is 24.2 Å². The third-order valence-corrected chi connectivity index (χ3v) is 5.04. The van der Waals surface area contributed by atoms with E-state index in [1.807, 2.05) is 19.9 Å². The molecule has 2 atom stereocenters. The number of nitrogens with one attached hydrogen (secondary N) is 1. The minimum Gasteiger partial charge on any atom is -0.337 e. The standard InChI is InChI=1S/C20H28N2O3/c1-4-15-10-11-17(14(2)3)19(24)22(20(25)21-12-15)13-18(23)16-8-6-5-7-9-16/h5-9,14-15,17H,4,10-13H2,1-3H3,(H,21,25)/t15-,17?/m1/s1. The highest BCUT2D eigenvalue weighted by molar-refractivity contribution is 6.04. The van der Waals surface area contributed by atoms with Gasteiger partial charge < -0.3 is 5.32 Å².